The van der Waals surface area contributed by atoms with Gasteiger partial charge in [-0.15, -0.1) is 0 Å². The summed E-state index contributed by atoms with van der Waals surface area (Å²) >= 11 is 1.44. The van der Waals surface area contributed by atoms with Crippen LogP contribution in [0, 0.1) is 0 Å². The van der Waals surface area contributed by atoms with Crippen LogP contribution in [-0.2, 0) is 0 Å². The smallest absolute Gasteiger partial charge is 0.186 e. The number of aldehydes is 1. The van der Waals surface area contributed by atoms with Crippen molar-refractivity contribution in [3.63, 3.8) is 0 Å². The fourth-order valence-corrected chi connectivity index (χ4v) is 2.57. The van der Waals surface area contributed by atoms with Crippen LogP contribution in [0.4, 0.5) is 5.13 Å². The molecule has 3 nitrogen and oxygen atoms in total. The maximum Gasteiger partial charge on any atom is 0.186 e. The van der Waals surface area contributed by atoms with Gasteiger partial charge < -0.3 is 4.90 Å². The van der Waals surface area contributed by atoms with Crippen LogP contribution in [0.2, 0.25) is 0 Å². The highest BCUT2D eigenvalue weighted by Crippen LogP contribution is 2.32. The molecule has 2 aromatic rings. The molecule has 0 aliphatic carbocycles. The third kappa shape index (κ3) is 2.43. The second-order valence-electron chi connectivity index (χ2n) is 4.40. The molecular weight excluding hydrogens is 244 g/mol. The van der Waals surface area contributed by atoms with Gasteiger partial charge in [-0.05, 0) is 13.8 Å². The van der Waals surface area contributed by atoms with Crippen LogP contribution in [-0.4, -0.2) is 24.4 Å². The van der Waals surface area contributed by atoms with Crippen molar-refractivity contribution >= 4 is 22.8 Å². The average molecular weight is 260 g/mol. The van der Waals surface area contributed by atoms with Gasteiger partial charge in [0, 0.05) is 18.7 Å². The zero-order valence-corrected chi connectivity index (χ0v) is 11.6. The first-order chi connectivity index (χ1) is 8.63. The molecule has 0 unspecified atom stereocenters. The van der Waals surface area contributed by atoms with E-state index in [1.807, 2.05) is 37.4 Å². The van der Waals surface area contributed by atoms with Crippen molar-refractivity contribution in [1.82, 2.24) is 4.98 Å². The second kappa shape index (κ2) is 5.31. The van der Waals surface area contributed by atoms with Gasteiger partial charge in [0.2, 0.25) is 0 Å². The topological polar surface area (TPSA) is 33.2 Å². The molecule has 4 heteroatoms. The highest BCUT2D eigenvalue weighted by molar-refractivity contribution is 7.17. The molecule has 0 saturated carbocycles. The van der Waals surface area contributed by atoms with Gasteiger partial charge in [-0.2, -0.15) is 0 Å². The van der Waals surface area contributed by atoms with Crippen LogP contribution >= 0.6 is 11.3 Å². The Morgan fingerprint density at radius 3 is 2.50 bits per heavy atom. The highest BCUT2D eigenvalue weighted by atomic mass is 32.1. The first kappa shape index (κ1) is 12.8. The van der Waals surface area contributed by atoms with Gasteiger partial charge in [-0.25, -0.2) is 4.98 Å². The zero-order valence-electron chi connectivity index (χ0n) is 10.8. The predicted molar refractivity (Wildman–Crippen MR) is 76.5 cm³/mol. The number of anilines is 1. The van der Waals surface area contributed by atoms with Gasteiger partial charge in [-0.1, -0.05) is 41.7 Å². The van der Waals surface area contributed by atoms with E-state index >= 15 is 0 Å². The Labute approximate surface area is 111 Å². The maximum atomic E-state index is 11.2. The molecule has 0 saturated heterocycles. The van der Waals surface area contributed by atoms with Crippen molar-refractivity contribution in [2.24, 2.45) is 0 Å². The molecule has 0 atom stereocenters. The van der Waals surface area contributed by atoms with Gasteiger partial charge in [-0.3, -0.25) is 4.79 Å². The lowest BCUT2D eigenvalue weighted by molar-refractivity contribution is 0.112. The highest BCUT2D eigenvalue weighted by Gasteiger charge is 2.16. The Hall–Kier alpha value is -1.68. The van der Waals surface area contributed by atoms with Crippen molar-refractivity contribution in [3.8, 4) is 11.3 Å². The number of thiazole rings is 1. The predicted octanol–water partition coefficient (Wildman–Crippen LogP) is 3.47. The Morgan fingerprint density at radius 2 is 1.94 bits per heavy atom. The Bertz CT molecular complexity index is 534. The summed E-state index contributed by atoms with van der Waals surface area (Å²) in [6.07, 6.45) is 0.887. The molecule has 0 fully saturated rings. The van der Waals surface area contributed by atoms with Gasteiger partial charge >= 0.3 is 0 Å². The van der Waals surface area contributed by atoms with Gasteiger partial charge in [0.25, 0.3) is 0 Å². The fourth-order valence-electron chi connectivity index (χ4n) is 1.57. The molecule has 0 aliphatic heterocycles. The Balaban J connectivity index is 2.46. The molecule has 2 rings (SSSR count). The first-order valence-electron chi connectivity index (χ1n) is 5.87. The van der Waals surface area contributed by atoms with E-state index in [2.05, 4.69) is 23.7 Å². The van der Waals surface area contributed by atoms with Crippen LogP contribution in [0.5, 0.6) is 0 Å². The largest absolute Gasteiger partial charge is 0.349 e. The van der Waals surface area contributed by atoms with E-state index in [0.717, 1.165) is 22.7 Å². The van der Waals surface area contributed by atoms with Crippen LogP contribution in [0.25, 0.3) is 11.3 Å². The summed E-state index contributed by atoms with van der Waals surface area (Å²) in [5.41, 5.74) is 1.76. The molecule has 0 aliphatic rings. The van der Waals surface area contributed by atoms with E-state index < -0.39 is 0 Å². The lowest BCUT2D eigenvalue weighted by Crippen LogP contribution is -2.25. The van der Waals surface area contributed by atoms with E-state index in [0.29, 0.717) is 10.9 Å². The summed E-state index contributed by atoms with van der Waals surface area (Å²) in [4.78, 5) is 18.5. The normalized spacial score (nSPS) is 10.7. The van der Waals surface area contributed by atoms with E-state index in [9.17, 15) is 4.79 Å². The van der Waals surface area contributed by atoms with Crippen LogP contribution < -0.4 is 4.90 Å². The molecule has 0 amide bonds. The zero-order chi connectivity index (χ0) is 13.1. The number of carbonyl (C=O) groups excluding carboxylic acids is 1. The molecule has 1 aromatic heterocycles. The maximum absolute atomic E-state index is 11.2. The molecule has 0 bridgehead atoms. The number of benzene rings is 1. The van der Waals surface area contributed by atoms with Crippen molar-refractivity contribution in [2.75, 3.05) is 11.9 Å². The van der Waals surface area contributed by atoms with Crippen molar-refractivity contribution in [3.05, 3.63) is 35.2 Å². The van der Waals surface area contributed by atoms with E-state index in [4.69, 9.17) is 0 Å². The summed E-state index contributed by atoms with van der Waals surface area (Å²) in [6.45, 7) is 4.20. The fraction of sp³-hybridized carbons (Fsp3) is 0.286. The molecule has 1 aromatic carbocycles. The number of nitrogens with zero attached hydrogens (tertiary/aromatic N) is 2. The average Bonchev–Trinajstić information content (AvgIpc) is 2.82. The Morgan fingerprint density at radius 1 is 1.28 bits per heavy atom. The SMILES string of the molecule is CC(C)N(C)c1nc(-c2ccccc2)c(C=O)s1. The standard InChI is InChI=1S/C14H16N2OS/c1-10(2)16(3)14-15-13(12(9-17)18-14)11-7-5-4-6-8-11/h4-10H,1-3H3. The molecule has 94 valence electrons. The lowest BCUT2D eigenvalue weighted by atomic mass is 10.1. The second-order valence-corrected chi connectivity index (χ2v) is 5.41. The Kier molecular flexibility index (Phi) is 3.77. The molecule has 1 heterocycles. The summed E-state index contributed by atoms with van der Waals surface area (Å²) in [7, 11) is 1.99. The minimum atomic E-state index is 0.360. The number of aromatic nitrogens is 1. The lowest BCUT2D eigenvalue weighted by Gasteiger charge is -2.19. The summed E-state index contributed by atoms with van der Waals surface area (Å²) in [5, 5.41) is 0.881. The quantitative estimate of drug-likeness (QED) is 0.789. The van der Waals surface area contributed by atoms with E-state index in [1.54, 1.807) is 0 Å². The number of carbonyl (C=O) groups is 1. The van der Waals surface area contributed by atoms with Crippen LogP contribution in [0.15, 0.2) is 30.3 Å². The first-order valence-corrected chi connectivity index (χ1v) is 6.69. The van der Waals surface area contributed by atoms with E-state index in [1.165, 1.54) is 11.3 Å². The summed E-state index contributed by atoms with van der Waals surface area (Å²) < 4.78 is 0. The van der Waals surface area contributed by atoms with E-state index in [-0.39, 0.29) is 0 Å². The molecule has 0 radical (unpaired) electrons. The number of hydrogen-bond donors (Lipinski definition) is 0. The minimum Gasteiger partial charge on any atom is -0.349 e. The van der Waals surface area contributed by atoms with Crippen molar-refractivity contribution < 1.29 is 4.79 Å². The van der Waals surface area contributed by atoms with Crippen LogP contribution in [0.3, 0.4) is 0 Å². The van der Waals surface area contributed by atoms with Crippen molar-refractivity contribution in [2.45, 2.75) is 19.9 Å². The summed E-state index contributed by atoms with van der Waals surface area (Å²) in [6, 6.07) is 10.2. The summed E-state index contributed by atoms with van der Waals surface area (Å²) in [5.74, 6) is 0. The van der Waals surface area contributed by atoms with Crippen LogP contribution in [0.1, 0.15) is 23.5 Å². The number of hydrogen-bond acceptors (Lipinski definition) is 4. The molecule has 18 heavy (non-hydrogen) atoms. The third-order valence-electron chi connectivity index (χ3n) is 2.87. The number of rotatable bonds is 4. The van der Waals surface area contributed by atoms with Gasteiger partial charge in [0.1, 0.15) is 0 Å². The van der Waals surface area contributed by atoms with Crippen molar-refractivity contribution in [1.29, 1.82) is 0 Å². The van der Waals surface area contributed by atoms with Gasteiger partial charge in [0.15, 0.2) is 11.4 Å². The molecule has 0 N–H and O–H groups in total. The monoisotopic (exact) mass is 260 g/mol. The molecule has 0 spiro atoms. The molecular formula is C14H16N2OS. The van der Waals surface area contributed by atoms with Gasteiger partial charge in [0.05, 0.1) is 10.6 Å². The minimum absolute atomic E-state index is 0.360. The third-order valence-corrected chi connectivity index (χ3v) is 3.94.